The number of amides is 4. The summed E-state index contributed by atoms with van der Waals surface area (Å²) >= 11 is 0. The topological polar surface area (TPSA) is 93.2 Å². The number of ether oxygens (including phenoxy) is 2. The third-order valence-electron chi connectivity index (χ3n) is 11.4. The van der Waals surface area contributed by atoms with Crippen LogP contribution in [0.1, 0.15) is 69.1 Å². The molecule has 0 atom stereocenters. The van der Waals surface area contributed by atoms with Crippen molar-refractivity contribution in [3.05, 3.63) is 255 Å². The van der Waals surface area contributed by atoms with Crippen LogP contribution in [0, 0.1) is 14.9 Å². The van der Waals surface area contributed by atoms with Gasteiger partial charge in [-0.1, -0.05) is 185 Å². The zero-order valence-electron chi connectivity index (χ0n) is 43.4. The van der Waals surface area contributed by atoms with Crippen LogP contribution in [0.25, 0.3) is 43.1 Å². The molecule has 11 heteroatoms. The van der Waals surface area contributed by atoms with Gasteiger partial charge in [-0.15, -0.1) is 0 Å². The first-order valence-electron chi connectivity index (χ1n) is 23.3. The molecule has 0 saturated carbocycles. The number of benzene rings is 10. The van der Waals surface area contributed by atoms with E-state index < -0.39 is 0 Å². The molecule has 0 N–H and O–H groups in total. The van der Waals surface area contributed by atoms with Gasteiger partial charge in [-0.2, -0.15) is 0 Å². The number of hydrogen-bond acceptors (Lipinski definition) is 6. The maximum atomic E-state index is 12.0. The zero-order chi connectivity index (χ0) is 49.6. The van der Waals surface area contributed by atoms with Crippen molar-refractivity contribution < 1.29 is 91.8 Å². The Balaban J connectivity index is 0.000000346. The fourth-order valence-electron chi connectivity index (χ4n) is 7.81. The maximum absolute atomic E-state index is 12.0. The van der Waals surface area contributed by atoms with Gasteiger partial charge in [0, 0.05) is 56.2 Å². The van der Waals surface area contributed by atoms with Crippen LogP contribution in [-0.2, 0) is 63.2 Å². The van der Waals surface area contributed by atoms with E-state index in [2.05, 4.69) is 97.1 Å². The van der Waals surface area contributed by atoms with E-state index in [0.717, 1.165) is 31.3 Å². The molecule has 0 aromatic heterocycles. The van der Waals surface area contributed by atoms with Gasteiger partial charge < -0.3 is 24.3 Å². The molecule has 2 aliphatic heterocycles. The third-order valence-corrected chi connectivity index (χ3v) is 11.4. The van der Waals surface area contributed by atoms with E-state index >= 15 is 0 Å². The van der Waals surface area contributed by atoms with Crippen LogP contribution in [0.2, 0.25) is 0 Å². The number of fused-ring (bicyclic) bond motifs is 6. The molecule has 12 rings (SSSR count). The fraction of sp³-hybridized carbons (Fsp3) is 0.0938. The van der Waals surface area contributed by atoms with E-state index in [1.165, 1.54) is 35.6 Å². The van der Waals surface area contributed by atoms with Gasteiger partial charge in [0.1, 0.15) is 23.0 Å². The molecule has 75 heavy (non-hydrogen) atoms. The Morgan fingerprint density at radius 1 is 0.280 bits per heavy atom. The van der Waals surface area contributed by atoms with Crippen LogP contribution >= 0.6 is 0 Å². The zero-order valence-corrected chi connectivity index (χ0v) is 52.2. The summed E-state index contributed by atoms with van der Waals surface area (Å²) in [5, 5.41) is 9.67. The van der Waals surface area contributed by atoms with E-state index in [9.17, 15) is 19.2 Å². The Labute approximate surface area is 484 Å². The molecule has 10 aromatic carbocycles. The van der Waals surface area contributed by atoms with Gasteiger partial charge in [0.05, 0.1) is 22.3 Å². The normalized spacial score (nSPS) is 11.1. The van der Waals surface area contributed by atoms with Crippen LogP contribution < -0.4 is 9.47 Å². The molecule has 8 nitrogen and oxygen atoms in total. The van der Waals surface area contributed by atoms with E-state index in [1.54, 1.807) is 36.4 Å². The Morgan fingerprint density at radius 2 is 0.480 bits per heavy atom. The van der Waals surface area contributed by atoms with Crippen LogP contribution in [0.15, 0.2) is 218 Å². The number of hydrogen-bond donors (Lipinski definition) is 0. The fourth-order valence-corrected chi connectivity index (χ4v) is 7.81. The van der Waals surface area contributed by atoms with Gasteiger partial charge in [0.15, 0.2) is 0 Å². The third kappa shape index (κ3) is 15.6. The standard InChI is InChI=1S/2C19H13NO3.2C10H8.2C2H6.2CH3.3W/c2*1-20-18(21)16-9-8-15(11-17(16)19(20)22)23-14-7-6-12-4-2-3-5-13(12)10-14;2*1-2-6-10-8-4-3-7-9(10)5-1;2*1-2;;;;;/h2*2-11H,1H3;2*1-8H;2*1-2H3;2*1H3;;;/q;;;;;;2*-1;;;+2. The van der Waals surface area contributed by atoms with Crippen LogP contribution in [0.5, 0.6) is 23.0 Å². The van der Waals surface area contributed by atoms with Crippen molar-refractivity contribution >= 4 is 66.7 Å². The molecular weight excluding hydrogens is 1440 g/mol. The van der Waals surface area contributed by atoms with E-state index in [-0.39, 0.29) is 102 Å². The SMILES string of the molecule is CC.CC.CN1C(=O)c2ccc(Oc3ccc4ccccc4c3)cc2C1=O.CN1C(=O)c2ccc(Oc3ccc4ccccc4c3)cc2C1=O.[CH3-].[CH3-].[W+2].[W].[W].c1ccc2ccccc2c1.c1ccc2ccccc2c1. The second-order valence-corrected chi connectivity index (χ2v) is 15.7. The molecule has 0 fully saturated rings. The van der Waals surface area contributed by atoms with Gasteiger partial charge in [-0.05, 0) is 104 Å². The number of nitrogens with zero attached hydrogens (tertiary/aromatic N) is 2. The van der Waals surface area contributed by atoms with Crippen molar-refractivity contribution in [2.75, 3.05) is 14.1 Å². The predicted octanol–water partition coefficient (Wildman–Crippen LogP) is 16.3. The van der Waals surface area contributed by atoms with Crippen molar-refractivity contribution in [3.8, 4) is 23.0 Å². The summed E-state index contributed by atoms with van der Waals surface area (Å²) in [5.41, 5.74) is 1.61. The van der Waals surface area contributed by atoms with Gasteiger partial charge in [0.25, 0.3) is 23.6 Å². The molecule has 10 aromatic rings. The van der Waals surface area contributed by atoms with E-state index in [4.69, 9.17) is 9.47 Å². The molecule has 4 amide bonds. The minimum absolute atomic E-state index is 0. The van der Waals surface area contributed by atoms with Crippen molar-refractivity contribution in [2.45, 2.75) is 27.7 Å². The van der Waals surface area contributed by atoms with Gasteiger partial charge in [-0.25, -0.2) is 0 Å². The van der Waals surface area contributed by atoms with Gasteiger partial charge in [-0.3, -0.25) is 29.0 Å². The number of rotatable bonds is 4. The largest absolute Gasteiger partial charge is 2.00 e. The quantitative estimate of drug-likeness (QED) is 0.129. The number of carbonyl (C=O) groups excluding carboxylic acids is 4. The first-order chi connectivity index (χ1) is 34.2. The number of imide groups is 2. The van der Waals surface area contributed by atoms with E-state index in [1.807, 2.05) is 113 Å². The second kappa shape index (κ2) is 31.2. The van der Waals surface area contributed by atoms with E-state index in [0.29, 0.717) is 45.3 Å². The average Bonchev–Trinajstić information content (AvgIpc) is 3.77. The predicted molar refractivity (Wildman–Crippen MR) is 297 cm³/mol. The summed E-state index contributed by atoms with van der Waals surface area (Å²) in [4.78, 5) is 50.1. The summed E-state index contributed by atoms with van der Waals surface area (Å²) < 4.78 is 11.7. The van der Waals surface area contributed by atoms with Crippen molar-refractivity contribution in [1.82, 2.24) is 9.80 Å². The molecule has 2 aliphatic rings. The summed E-state index contributed by atoms with van der Waals surface area (Å²) in [5.74, 6) is 1.31. The summed E-state index contributed by atoms with van der Waals surface area (Å²) in [7, 11) is 2.96. The first-order valence-corrected chi connectivity index (χ1v) is 23.3. The van der Waals surface area contributed by atoms with Crippen molar-refractivity contribution in [2.24, 2.45) is 0 Å². The second-order valence-electron chi connectivity index (χ2n) is 15.7. The molecule has 0 saturated heterocycles. The van der Waals surface area contributed by atoms with Gasteiger partial charge >= 0.3 is 21.1 Å². The molecule has 0 unspecified atom stereocenters. The summed E-state index contributed by atoms with van der Waals surface area (Å²) in [6.45, 7) is 8.00. The first kappa shape index (κ1) is 64.3. The maximum Gasteiger partial charge on any atom is 2.00 e. The minimum atomic E-state index is -0.297. The summed E-state index contributed by atoms with van der Waals surface area (Å²) in [6.07, 6.45) is 0. The van der Waals surface area contributed by atoms with Crippen LogP contribution in [0.4, 0.5) is 0 Å². The molecule has 380 valence electrons. The van der Waals surface area contributed by atoms with Crippen LogP contribution in [0.3, 0.4) is 0 Å². The monoisotopic (exact) mass is 1500 g/mol. The Morgan fingerprint density at radius 3 is 0.747 bits per heavy atom. The molecule has 0 radical (unpaired) electrons. The molecule has 0 spiro atoms. The molecule has 0 aliphatic carbocycles. The Kier molecular flexibility index (Phi) is 26.7. The Bertz CT molecular complexity index is 3130. The molecule has 0 bridgehead atoms. The van der Waals surface area contributed by atoms with Crippen LogP contribution in [-0.4, -0.2) is 47.5 Å². The summed E-state index contributed by atoms with van der Waals surface area (Å²) in [6, 6.07) is 71.0. The number of carbonyl (C=O) groups is 4. The van der Waals surface area contributed by atoms with Crippen molar-refractivity contribution in [3.63, 3.8) is 0 Å². The Hall–Kier alpha value is -6.82. The average molecular weight is 1500 g/mol. The molecule has 2 heterocycles. The van der Waals surface area contributed by atoms with Crippen molar-refractivity contribution in [1.29, 1.82) is 0 Å². The smallest absolute Gasteiger partial charge is 0.457 e. The van der Waals surface area contributed by atoms with Gasteiger partial charge in [0.2, 0.25) is 0 Å². The molecular formula is C64H60N2O6W3. The minimum Gasteiger partial charge on any atom is -0.457 e.